The van der Waals surface area contributed by atoms with Crippen LogP contribution in [0.1, 0.15) is 11.1 Å². The minimum absolute atomic E-state index is 0.0296. The summed E-state index contributed by atoms with van der Waals surface area (Å²) in [5, 5.41) is 10.6. The Bertz CT molecular complexity index is 866. The van der Waals surface area contributed by atoms with Gasteiger partial charge in [0.15, 0.2) is 5.70 Å². The van der Waals surface area contributed by atoms with Crippen LogP contribution < -0.4 is 0 Å². The minimum atomic E-state index is -0.512. The summed E-state index contributed by atoms with van der Waals surface area (Å²) in [5.74, 6) is -0.238. The van der Waals surface area contributed by atoms with Gasteiger partial charge in [-0.25, -0.2) is 9.79 Å². The summed E-state index contributed by atoms with van der Waals surface area (Å²) in [7, 11) is 0. The van der Waals surface area contributed by atoms with E-state index in [0.29, 0.717) is 0 Å². The third-order valence-corrected chi connectivity index (χ3v) is 3.29. The number of allylic oxidation sites excluding steroid dienone is 2. The van der Waals surface area contributed by atoms with Crippen LogP contribution in [0.3, 0.4) is 0 Å². The van der Waals surface area contributed by atoms with E-state index in [0.717, 1.165) is 11.1 Å². The van der Waals surface area contributed by atoms with Crippen molar-refractivity contribution in [2.45, 2.75) is 0 Å². The van der Waals surface area contributed by atoms with Crippen molar-refractivity contribution in [3.63, 3.8) is 0 Å². The van der Waals surface area contributed by atoms with Crippen molar-refractivity contribution in [1.82, 2.24) is 0 Å². The number of aliphatic imine (C=N–C) groups is 1. The molecule has 0 N–H and O–H groups in total. The predicted octanol–water partition coefficient (Wildman–Crippen LogP) is 3.50. The average molecular weight is 320 g/mol. The molecule has 0 spiro atoms. The van der Waals surface area contributed by atoms with Crippen molar-refractivity contribution in [2.24, 2.45) is 4.99 Å². The molecule has 0 radical (unpaired) electrons. The van der Waals surface area contributed by atoms with Gasteiger partial charge < -0.3 is 4.74 Å². The standard InChI is InChI=1S/C18H12N2O4/c21-18-16(19-17(24-18)14-6-2-1-3-7-14)8-4-5-13-9-11-15(12-10-13)20(22)23/h1-12H/b5-4+,16-8-. The van der Waals surface area contributed by atoms with Crippen molar-refractivity contribution in [1.29, 1.82) is 0 Å². The second-order valence-electron chi connectivity index (χ2n) is 4.93. The van der Waals surface area contributed by atoms with Gasteiger partial charge in [-0.1, -0.05) is 30.4 Å². The van der Waals surface area contributed by atoms with Gasteiger partial charge in [0.2, 0.25) is 5.90 Å². The number of cyclic esters (lactones) is 1. The van der Waals surface area contributed by atoms with Crippen molar-refractivity contribution in [2.75, 3.05) is 0 Å². The molecule has 1 aliphatic heterocycles. The van der Waals surface area contributed by atoms with Crippen LogP contribution in [0.25, 0.3) is 6.08 Å². The number of nitrogens with zero attached hydrogens (tertiary/aromatic N) is 2. The molecule has 0 fully saturated rings. The number of nitro groups is 1. The third-order valence-electron chi connectivity index (χ3n) is 3.29. The molecule has 0 saturated carbocycles. The summed E-state index contributed by atoms with van der Waals surface area (Å²) in [4.78, 5) is 26.1. The Hall–Kier alpha value is -3.54. The molecule has 118 valence electrons. The highest BCUT2D eigenvalue weighted by molar-refractivity contribution is 6.11. The lowest BCUT2D eigenvalue weighted by Gasteiger charge is -1.97. The minimum Gasteiger partial charge on any atom is -0.402 e. The lowest BCUT2D eigenvalue weighted by atomic mass is 10.2. The van der Waals surface area contributed by atoms with Gasteiger partial charge >= 0.3 is 5.97 Å². The molecule has 0 amide bonds. The van der Waals surface area contributed by atoms with E-state index in [1.807, 2.05) is 30.3 Å². The highest BCUT2D eigenvalue weighted by atomic mass is 16.6. The molecule has 0 aliphatic carbocycles. The summed E-state index contributed by atoms with van der Waals surface area (Å²) in [6.07, 6.45) is 4.91. The van der Waals surface area contributed by atoms with E-state index < -0.39 is 10.9 Å². The molecule has 24 heavy (non-hydrogen) atoms. The molecule has 6 nitrogen and oxygen atoms in total. The van der Waals surface area contributed by atoms with E-state index in [1.165, 1.54) is 12.1 Å². The van der Waals surface area contributed by atoms with Gasteiger partial charge in [-0.15, -0.1) is 0 Å². The summed E-state index contributed by atoms with van der Waals surface area (Å²) in [6, 6.07) is 15.2. The van der Waals surface area contributed by atoms with Crippen molar-refractivity contribution >= 4 is 23.6 Å². The Labute approximate surface area is 137 Å². The Morgan fingerprint density at radius 1 is 1.04 bits per heavy atom. The number of hydrogen-bond donors (Lipinski definition) is 0. The molecule has 2 aromatic rings. The van der Waals surface area contributed by atoms with Crippen molar-refractivity contribution in [3.05, 3.63) is 93.7 Å². The molecule has 2 aromatic carbocycles. The van der Waals surface area contributed by atoms with Crippen LogP contribution >= 0.6 is 0 Å². The van der Waals surface area contributed by atoms with E-state index in [-0.39, 0.29) is 17.3 Å². The smallest absolute Gasteiger partial charge is 0.363 e. The molecular weight excluding hydrogens is 308 g/mol. The topological polar surface area (TPSA) is 81.8 Å². The maximum Gasteiger partial charge on any atom is 0.363 e. The zero-order valence-electron chi connectivity index (χ0n) is 12.5. The number of carbonyl (C=O) groups excluding carboxylic acids is 1. The van der Waals surface area contributed by atoms with Gasteiger partial charge in [-0.2, -0.15) is 0 Å². The van der Waals surface area contributed by atoms with Gasteiger partial charge in [0.25, 0.3) is 5.69 Å². The molecule has 0 saturated heterocycles. The first-order valence-electron chi connectivity index (χ1n) is 7.12. The Morgan fingerprint density at radius 2 is 1.75 bits per heavy atom. The summed E-state index contributed by atoms with van der Waals surface area (Å²) < 4.78 is 5.14. The monoisotopic (exact) mass is 320 g/mol. The summed E-state index contributed by atoms with van der Waals surface area (Å²) in [5.41, 5.74) is 1.73. The first kappa shape index (κ1) is 15.4. The van der Waals surface area contributed by atoms with Crippen molar-refractivity contribution in [3.8, 4) is 0 Å². The fourth-order valence-corrected chi connectivity index (χ4v) is 2.08. The maximum atomic E-state index is 11.8. The molecule has 0 aromatic heterocycles. The SMILES string of the molecule is O=C1OC(c2ccccc2)=N/C1=C\C=C\c1ccc([N+](=O)[O-])cc1. The molecular formula is C18H12N2O4. The fraction of sp³-hybridized carbons (Fsp3) is 0. The fourth-order valence-electron chi connectivity index (χ4n) is 2.08. The second-order valence-corrected chi connectivity index (χ2v) is 4.93. The normalized spacial score (nSPS) is 15.6. The lowest BCUT2D eigenvalue weighted by Crippen LogP contribution is -2.04. The number of benzene rings is 2. The highest BCUT2D eigenvalue weighted by Gasteiger charge is 2.23. The summed E-state index contributed by atoms with van der Waals surface area (Å²) in [6.45, 7) is 0. The van der Waals surface area contributed by atoms with E-state index >= 15 is 0 Å². The number of non-ortho nitro benzene ring substituents is 1. The van der Waals surface area contributed by atoms with Gasteiger partial charge in [0.1, 0.15) is 0 Å². The van der Waals surface area contributed by atoms with Crippen LogP contribution in [0.4, 0.5) is 5.69 Å². The van der Waals surface area contributed by atoms with E-state index in [2.05, 4.69) is 4.99 Å². The first-order chi connectivity index (χ1) is 11.6. The number of ether oxygens (including phenoxy) is 1. The van der Waals surface area contributed by atoms with Crippen LogP contribution in [0.5, 0.6) is 0 Å². The van der Waals surface area contributed by atoms with E-state index in [9.17, 15) is 14.9 Å². The van der Waals surface area contributed by atoms with Gasteiger partial charge in [0.05, 0.1) is 4.92 Å². The summed E-state index contributed by atoms with van der Waals surface area (Å²) >= 11 is 0. The molecule has 3 rings (SSSR count). The predicted molar refractivity (Wildman–Crippen MR) is 89.3 cm³/mol. The molecule has 0 unspecified atom stereocenters. The first-order valence-corrected chi connectivity index (χ1v) is 7.12. The Morgan fingerprint density at radius 3 is 2.42 bits per heavy atom. The number of carbonyl (C=O) groups is 1. The number of esters is 1. The van der Waals surface area contributed by atoms with Gasteiger partial charge in [-0.05, 0) is 35.9 Å². The molecule has 1 heterocycles. The molecule has 0 atom stereocenters. The van der Waals surface area contributed by atoms with Gasteiger partial charge in [0, 0.05) is 17.7 Å². The number of rotatable bonds is 4. The zero-order valence-corrected chi connectivity index (χ0v) is 12.5. The average Bonchev–Trinajstić information content (AvgIpc) is 2.97. The van der Waals surface area contributed by atoms with Crippen LogP contribution in [-0.4, -0.2) is 16.8 Å². The second kappa shape index (κ2) is 6.70. The van der Waals surface area contributed by atoms with Crippen LogP contribution in [0, 0.1) is 10.1 Å². The highest BCUT2D eigenvalue weighted by Crippen LogP contribution is 2.17. The van der Waals surface area contributed by atoms with Gasteiger partial charge in [-0.3, -0.25) is 10.1 Å². The van der Waals surface area contributed by atoms with E-state index in [1.54, 1.807) is 30.4 Å². The van der Waals surface area contributed by atoms with Crippen LogP contribution in [0.15, 0.2) is 77.4 Å². The third kappa shape index (κ3) is 3.44. The van der Waals surface area contributed by atoms with Crippen LogP contribution in [0.2, 0.25) is 0 Å². The number of hydrogen-bond acceptors (Lipinski definition) is 5. The van der Waals surface area contributed by atoms with Crippen LogP contribution in [-0.2, 0) is 9.53 Å². The quantitative estimate of drug-likeness (QED) is 0.374. The molecule has 0 bridgehead atoms. The maximum absolute atomic E-state index is 11.8. The Kier molecular flexibility index (Phi) is 4.29. The van der Waals surface area contributed by atoms with Crippen molar-refractivity contribution < 1.29 is 14.5 Å². The zero-order chi connectivity index (χ0) is 16.9. The molecule has 1 aliphatic rings. The largest absolute Gasteiger partial charge is 0.402 e. The van der Waals surface area contributed by atoms with E-state index in [4.69, 9.17) is 4.74 Å². The number of nitro benzene ring substituents is 1. The Balaban J connectivity index is 1.75. The molecule has 6 heteroatoms. The lowest BCUT2D eigenvalue weighted by molar-refractivity contribution is -0.384.